The Hall–Kier alpha value is -0.890. The number of aliphatic hydroxyl groups excluding tert-OH is 10. The van der Waals surface area contributed by atoms with Gasteiger partial charge in [0, 0.05) is 0 Å². The molecule has 2 aliphatic rings. The average molecular weight is 488 g/mol. The molecular weight excluding hydrogens is 456 g/mol. The Kier molecular flexibility index (Phi) is 10.5. The summed E-state index contributed by atoms with van der Waals surface area (Å²) in [5.74, 6) is 0. The molecule has 194 valence electrons. The van der Waals surface area contributed by atoms with E-state index in [4.69, 9.17) is 18.9 Å². The van der Waals surface area contributed by atoms with Crippen molar-refractivity contribution in [2.75, 3.05) is 13.2 Å². The van der Waals surface area contributed by atoms with E-state index >= 15 is 0 Å². The van der Waals surface area contributed by atoms with Crippen molar-refractivity contribution in [3.05, 3.63) is 0 Å². The van der Waals surface area contributed by atoms with Gasteiger partial charge in [-0.25, -0.2) is 0 Å². The van der Waals surface area contributed by atoms with Gasteiger partial charge in [0.05, 0.1) is 19.3 Å². The van der Waals surface area contributed by atoms with Crippen molar-refractivity contribution >= 4 is 6.29 Å². The molecule has 2 heterocycles. The summed E-state index contributed by atoms with van der Waals surface area (Å²) in [4.78, 5) is 10.7. The topological polar surface area (TPSA) is 256 Å². The number of ether oxygens (including phenoxy) is 4. The molecule has 0 aromatic rings. The van der Waals surface area contributed by atoms with Crippen molar-refractivity contribution in [1.29, 1.82) is 0 Å². The summed E-state index contributed by atoms with van der Waals surface area (Å²) in [7, 11) is 0. The molecular formula is C18H32O15. The number of hydrogen-bond donors (Lipinski definition) is 10. The van der Waals surface area contributed by atoms with Crippen LogP contribution in [0.3, 0.4) is 0 Å². The third-order valence-corrected chi connectivity index (χ3v) is 5.55. The summed E-state index contributed by atoms with van der Waals surface area (Å²) in [6.07, 6.45) is -23.9. The Bertz CT molecular complexity index is 603. The predicted molar refractivity (Wildman–Crippen MR) is 101 cm³/mol. The summed E-state index contributed by atoms with van der Waals surface area (Å²) in [5, 5.41) is 99.1. The minimum Gasteiger partial charge on any atom is -0.394 e. The van der Waals surface area contributed by atoms with Crippen molar-refractivity contribution in [3.8, 4) is 0 Å². The number of aliphatic hydroxyl groups is 10. The van der Waals surface area contributed by atoms with Gasteiger partial charge in [-0.3, -0.25) is 0 Å². The fourth-order valence-electron chi connectivity index (χ4n) is 3.58. The molecule has 0 radical (unpaired) electrons. The lowest BCUT2D eigenvalue weighted by atomic mass is 9.96. The van der Waals surface area contributed by atoms with E-state index in [0.717, 1.165) is 6.92 Å². The van der Waals surface area contributed by atoms with Gasteiger partial charge in [-0.2, -0.15) is 0 Å². The maximum absolute atomic E-state index is 10.7. The predicted octanol–water partition coefficient (Wildman–Crippen LogP) is -6.70. The van der Waals surface area contributed by atoms with Crippen LogP contribution in [-0.4, -0.2) is 156 Å². The fourth-order valence-corrected chi connectivity index (χ4v) is 3.58. The zero-order chi connectivity index (χ0) is 25.0. The lowest BCUT2D eigenvalue weighted by Gasteiger charge is -2.46. The second-order valence-electron chi connectivity index (χ2n) is 7.96. The lowest BCUT2D eigenvalue weighted by molar-refractivity contribution is -0.367. The van der Waals surface area contributed by atoms with E-state index in [-0.39, 0.29) is 6.29 Å². The summed E-state index contributed by atoms with van der Waals surface area (Å²) < 4.78 is 21.2. The molecule has 33 heavy (non-hydrogen) atoms. The quantitative estimate of drug-likeness (QED) is 0.128. The van der Waals surface area contributed by atoms with E-state index in [2.05, 4.69) is 0 Å². The van der Waals surface area contributed by atoms with Crippen LogP contribution in [0.5, 0.6) is 0 Å². The largest absolute Gasteiger partial charge is 0.394 e. The minimum absolute atomic E-state index is 0.00268. The van der Waals surface area contributed by atoms with Gasteiger partial charge >= 0.3 is 0 Å². The van der Waals surface area contributed by atoms with E-state index in [0.29, 0.717) is 0 Å². The molecule has 15 nitrogen and oxygen atoms in total. The van der Waals surface area contributed by atoms with Gasteiger partial charge in [0.25, 0.3) is 0 Å². The molecule has 15 heteroatoms. The highest BCUT2D eigenvalue weighted by atomic mass is 16.7. The molecule has 0 aromatic carbocycles. The summed E-state index contributed by atoms with van der Waals surface area (Å²) >= 11 is 0. The Balaban J connectivity index is 2.15. The molecule has 10 N–H and O–H groups in total. The average Bonchev–Trinajstić information content (AvgIpc) is 2.80. The zero-order valence-corrected chi connectivity index (χ0v) is 17.6. The van der Waals surface area contributed by atoms with Crippen molar-refractivity contribution in [1.82, 2.24) is 0 Å². The van der Waals surface area contributed by atoms with Crippen molar-refractivity contribution in [3.63, 3.8) is 0 Å². The van der Waals surface area contributed by atoms with Gasteiger partial charge < -0.3 is 74.8 Å². The summed E-state index contributed by atoms with van der Waals surface area (Å²) in [6, 6.07) is 0. The van der Waals surface area contributed by atoms with Gasteiger partial charge in [0.2, 0.25) is 0 Å². The highest BCUT2D eigenvalue weighted by Gasteiger charge is 2.51. The number of carbonyl (C=O) groups excluding carboxylic acids is 1. The van der Waals surface area contributed by atoms with Gasteiger partial charge in [0.15, 0.2) is 18.9 Å². The van der Waals surface area contributed by atoms with Gasteiger partial charge in [-0.15, -0.1) is 0 Å². The van der Waals surface area contributed by atoms with Gasteiger partial charge in [-0.05, 0) is 6.92 Å². The third-order valence-electron chi connectivity index (χ3n) is 5.55. The van der Waals surface area contributed by atoms with Crippen LogP contribution in [0.2, 0.25) is 0 Å². The molecule has 2 aliphatic heterocycles. The zero-order valence-electron chi connectivity index (χ0n) is 17.6. The maximum atomic E-state index is 10.7. The lowest BCUT2D eigenvalue weighted by Crippen LogP contribution is -2.65. The fraction of sp³-hybridized carbons (Fsp3) is 0.944. The van der Waals surface area contributed by atoms with Crippen LogP contribution in [0.4, 0.5) is 0 Å². The molecule has 14 atom stereocenters. The van der Waals surface area contributed by atoms with Crippen LogP contribution in [-0.2, 0) is 23.7 Å². The van der Waals surface area contributed by atoms with Crippen LogP contribution in [0.25, 0.3) is 0 Å². The third kappa shape index (κ3) is 6.22. The first-order valence-electron chi connectivity index (χ1n) is 10.2. The van der Waals surface area contributed by atoms with E-state index < -0.39 is 99.0 Å². The molecule has 0 amide bonds. The highest BCUT2D eigenvalue weighted by Crippen LogP contribution is 2.30. The number of carbonyl (C=O) groups is 1. The molecule has 0 saturated carbocycles. The van der Waals surface area contributed by atoms with Crippen LogP contribution >= 0.6 is 0 Å². The molecule has 2 saturated heterocycles. The smallest absolute Gasteiger partial charge is 0.187 e. The van der Waals surface area contributed by atoms with E-state index in [9.17, 15) is 55.9 Å². The number of aldehydes is 1. The molecule has 0 aromatic heterocycles. The Morgan fingerprint density at radius 2 is 1.36 bits per heavy atom. The first-order chi connectivity index (χ1) is 15.5. The van der Waals surface area contributed by atoms with Crippen LogP contribution in [0.15, 0.2) is 0 Å². The first kappa shape index (κ1) is 28.3. The molecule has 2 rings (SSSR count). The van der Waals surface area contributed by atoms with E-state index in [1.54, 1.807) is 0 Å². The minimum atomic E-state index is -1.94. The van der Waals surface area contributed by atoms with Crippen LogP contribution in [0.1, 0.15) is 6.92 Å². The molecule has 0 aliphatic carbocycles. The first-order valence-corrected chi connectivity index (χ1v) is 10.2. The molecule has 2 fully saturated rings. The second kappa shape index (κ2) is 12.2. The van der Waals surface area contributed by atoms with Crippen molar-refractivity contribution < 1.29 is 74.8 Å². The monoisotopic (exact) mass is 488 g/mol. The van der Waals surface area contributed by atoms with E-state index in [1.807, 2.05) is 0 Å². The number of hydrogen-bond acceptors (Lipinski definition) is 15. The van der Waals surface area contributed by atoms with Crippen LogP contribution in [0, 0.1) is 0 Å². The van der Waals surface area contributed by atoms with E-state index in [1.165, 1.54) is 0 Å². The molecule has 0 spiro atoms. The van der Waals surface area contributed by atoms with Crippen LogP contribution < -0.4 is 0 Å². The normalized spacial score (nSPS) is 43.5. The van der Waals surface area contributed by atoms with Crippen molar-refractivity contribution in [2.45, 2.75) is 92.8 Å². The maximum Gasteiger partial charge on any atom is 0.187 e. The Morgan fingerprint density at radius 1 is 0.818 bits per heavy atom. The van der Waals surface area contributed by atoms with Gasteiger partial charge in [0.1, 0.15) is 67.1 Å². The van der Waals surface area contributed by atoms with Gasteiger partial charge in [-0.1, -0.05) is 0 Å². The molecule has 0 bridgehead atoms. The SMILES string of the molecule is C[C@H](O)[C@H](O[C@H]1O[C@H](CO)[C@H](O[C@@H]2O[C@H](CO)[C@@H](O)[C@H](O)[C@@H]2O)[C@H](O)[C@H]1O)[C@@H](O)[C@@H](O)C=O. The second-order valence-corrected chi connectivity index (χ2v) is 7.96. The Morgan fingerprint density at radius 3 is 1.88 bits per heavy atom. The van der Waals surface area contributed by atoms with Crippen molar-refractivity contribution in [2.24, 2.45) is 0 Å². The molecule has 0 unspecified atom stereocenters. The summed E-state index contributed by atoms with van der Waals surface area (Å²) in [6.45, 7) is -0.414. The summed E-state index contributed by atoms with van der Waals surface area (Å²) in [5.41, 5.74) is 0. The highest BCUT2D eigenvalue weighted by molar-refractivity contribution is 5.56. The standard InChI is InChI=1S/C18H32O15/c1-5(22)15(9(24)6(23)2-19)32-18-14(29)12(27)16(8(4-21)31-18)33-17-13(28)11(26)10(25)7(3-20)30-17/h2,5-18,20-29H,3-4H2,1H3/t5-,6-,7+,8+,9-,10+,11-,12+,13-,14+,15-,16-,17-,18+/m0/s1. The number of rotatable bonds is 10. The Labute approximate surface area is 187 Å².